The third-order valence-corrected chi connectivity index (χ3v) is 3.59. The molecule has 1 N–H and O–H groups in total. The van der Waals surface area contributed by atoms with Gasteiger partial charge in [-0.05, 0) is 30.7 Å². The average molecular weight is 222 g/mol. The van der Waals surface area contributed by atoms with Crippen molar-refractivity contribution in [2.24, 2.45) is 0 Å². The summed E-state index contributed by atoms with van der Waals surface area (Å²) in [6.07, 6.45) is 4.54. The van der Waals surface area contributed by atoms with Crippen LogP contribution in [0.3, 0.4) is 0 Å². The summed E-state index contributed by atoms with van der Waals surface area (Å²) in [6.45, 7) is 3.09. The Balaban J connectivity index is 1.97. The van der Waals surface area contributed by atoms with Gasteiger partial charge in [0.2, 0.25) is 0 Å². The van der Waals surface area contributed by atoms with E-state index in [9.17, 15) is 0 Å². The molecule has 0 aromatic carbocycles. The van der Waals surface area contributed by atoms with E-state index in [-0.39, 0.29) is 0 Å². The largest absolute Gasteiger partial charge is 0.352 e. The van der Waals surface area contributed by atoms with Crippen molar-refractivity contribution in [3.63, 3.8) is 0 Å². The standard InChI is InChI=1S/C12H18N2S/c1-2-4-12(13)14(10-6-7-10)9-11-5-3-8-15-11/h3,5,8,10,13H,2,4,6-7,9H2,1H3. The van der Waals surface area contributed by atoms with Gasteiger partial charge in [-0.2, -0.15) is 0 Å². The Bertz CT molecular complexity index is 314. The lowest BCUT2D eigenvalue weighted by atomic mass is 10.2. The summed E-state index contributed by atoms with van der Waals surface area (Å²) in [4.78, 5) is 3.66. The Hall–Kier alpha value is -0.830. The second kappa shape index (κ2) is 4.79. The Kier molecular flexibility index (Phi) is 3.41. The van der Waals surface area contributed by atoms with Gasteiger partial charge in [-0.15, -0.1) is 11.3 Å². The summed E-state index contributed by atoms with van der Waals surface area (Å²) in [6, 6.07) is 4.92. The van der Waals surface area contributed by atoms with Crippen molar-refractivity contribution >= 4 is 17.2 Å². The second-order valence-electron chi connectivity index (χ2n) is 4.14. The van der Waals surface area contributed by atoms with E-state index < -0.39 is 0 Å². The fraction of sp³-hybridized carbons (Fsp3) is 0.583. The van der Waals surface area contributed by atoms with E-state index >= 15 is 0 Å². The lowest BCUT2D eigenvalue weighted by molar-refractivity contribution is 0.394. The molecule has 0 radical (unpaired) electrons. The van der Waals surface area contributed by atoms with E-state index in [2.05, 4.69) is 29.3 Å². The van der Waals surface area contributed by atoms with Crippen LogP contribution in [0.1, 0.15) is 37.5 Å². The monoisotopic (exact) mass is 222 g/mol. The first kappa shape index (κ1) is 10.7. The maximum Gasteiger partial charge on any atom is 0.0963 e. The lowest BCUT2D eigenvalue weighted by Gasteiger charge is -2.24. The highest BCUT2D eigenvalue weighted by Crippen LogP contribution is 2.29. The number of rotatable bonds is 5. The summed E-state index contributed by atoms with van der Waals surface area (Å²) >= 11 is 1.79. The van der Waals surface area contributed by atoms with Crippen molar-refractivity contribution in [2.45, 2.75) is 45.2 Å². The van der Waals surface area contributed by atoms with Crippen molar-refractivity contribution in [1.29, 1.82) is 5.41 Å². The first-order valence-electron chi connectivity index (χ1n) is 5.67. The molecule has 1 aliphatic rings. The van der Waals surface area contributed by atoms with Crippen LogP contribution in [0.15, 0.2) is 17.5 Å². The summed E-state index contributed by atoms with van der Waals surface area (Å²) in [5, 5.41) is 10.2. The molecule has 0 aliphatic heterocycles. The lowest BCUT2D eigenvalue weighted by Crippen LogP contribution is -2.31. The maximum atomic E-state index is 8.05. The van der Waals surface area contributed by atoms with Gasteiger partial charge in [0, 0.05) is 17.3 Å². The predicted octanol–water partition coefficient (Wildman–Crippen LogP) is 3.49. The molecule has 15 heavy (non-hydrogen) atoms. The molecule has 82 valence electrons. The first-order valence-corrected chi connectivity index (χ1v) is 6.55. The normalized spacial score (nSPS) is 15.3. The fourth-order valence-corrected chi connectivity index (χ4v) is 2.48. The van der Waals surface area contributed by atoms with Gasteiger partial charge in [0.15, 0.2) is 0 Å². The molecular formula is C12H18N2S. The van der Waals surface area contributed by atoms with Crippen LogP contribution >= 0.6 is 11.3 Å². The second-order valence-corrected chi connectivity index (χ2v) is 5.17. The molecule has 1 fully saturated rings. The number of amidine groups is 1. The van der Waals surface area contributed by atoms with E-state index in [4.69, 9.17) is 5.41 Å². The topological polar surface area (TPSA) is 27.1 Å². The number of hydrogen-bond acceptors (Lipinski definition) is 2. The van der Waals surface area contributed by atoms with Crippen LogP contribution in [0, 0.1) is 5.41 Å². The summed E-state index contributed by atoms with van der Waals surface area (Å²) in [5.41, 5.74) is 0. The van der Waals surface area contributed by atoms with Crippen molar-refractivity contribution < 1.29 is 0 Å². The smallest absolute Gasteiger partial charge is 0.0963 e. The quantitative estimate of drug-likeness (QED) is 0.599. The Labute approximate surface area is 95.4 Å². The van der Waals surface area contributed by atoms with E-state index in [1.807, 2.05) is 0 Å². The van der Waals surface area contributed by atoms with Gasteiger partial charge in [-0.25, -0.2) is 0 Å². The van der Waals surface area contributed by atoms with Crippen LogP contribution < -0.4 is 0 Å². The molecule has 0 saturated heterocycles. The molecule has 1 aliphatic carbocycles. The number of thiophene rings is 1. The van der Waals surface area contributed by atoms with E-state index in [1.165, 1.54) is 17.7 Å². The summed E-state index contributed by atoms with van der Waals surface area (Å²) in [5.74, 6) is 0.827. The van der Waals surface area contributed by atoms with Gasteiger partial charge < -0.3 is 4.90 Å². The number of nitrogens with one attached hydrogen (secondary N) is 1. The van der Waals surface area contributed by atoms with Gasteiger partial charge in [0.05, 0.1) is 12.4 Å². The van der Waals surface area contributed by atoms with Crippen molar-refractivity contribution in [3.8, 4) is 0 Å². The molecule has 0 bridgehead atoms. The van der Waals surface area contributed by atoms with E-state index in [0.29, 0.717) is 6.04 Å². The van der Waals surface area contributed by atoms with Crippen LogP contribution in [-0.2, 0) is 6.54 Å². The van der Waals surface area contributed by atoms with Crippen LogP contribution in [0.5, 0.6) is 0 Å². The maximum absolute atomic E-state index is 8.05. The summed E-state index contributed by atoms with van der Waals surface area (Å²) in [7, 11) is 0. The third-order valence-electron chi connectivity index (χ3n) is 2.73. The summed E-state index contributed by atoms with van der Waals surface area (Å²) < 4.78 is 0. The molecule has 0 spiro atoms. The average Bonchev–Trinajstić information content (AvgIpc) is 2.93. The molecule has 3 heteroatoms. The Morgan fingerprint density at radius 3 is 2.93 bits per heavy atom. The number of nitrogens with zero attached hydrogens (tertiary/aromatic N) is 1. The molecule has 0 amide bonds. The van der Waals surface area contributed by atoms with Crippen molar-refractivity contribution in [2.75, 3.05) is 0 Å². The SMILES string of the molecule is CCCC(=N)N(Cc1cccs1)C1CC1. The molecule has 1 aromatic heterocycles. The highest BCUT2D eigenvalue weighted by atomic mass is 32.1. The molecule has 0 atom stereocenters. The molecular weight excluding hydrogens is 204 g/mol. The van der Waals surface area contributed by atoms with Crippen LogP contribution in [-0.4, -0.2) is 16.8 Å². The van der Waals surface area contributed by atoms with Crippen LogP contribution in [0.4, 0.5) is 0 Å². The minimum Gasteiger partial charge on any atom is -0.352 e. The van der Waals surface area contributed by atoms with Crippen molar-refractivity contribution in [1.82, 2.24) is 4.90 Å². The van der Waals surface area contributed by atoms with Gasteiger partial charge in [0.25, 0.3) is 0 Å². The molecule has 1 aromatic rings. The molecule has 2 rings (SSSR count). The van der Waals surface area contributed by atoms with Gasteiger partial charge in [-0.3, -0.25) is 5.41 Å². The molecule has 1 heterocycles. The zero-order chi connectivity index (χ0) is 10.7. The zero-order valence-corrected chi connectivity index (χ0v) is 10.0. The Morgan fingerprint density at radius 2 is 2.40 bits per heavy atom. The minimum absolute atomic E-state index is 0.658. The Morgan fingerprint density at radius 1 is 1.60 bits per heavy atom. The van der Waals surface area contributed by atoms with Gasteiger partial charge in [0.1, 0.15) is 0 Å². The highest BCUT2D eigenvalue weighted by Gasteiger charge is 2.30. The van der Waals surface area contributed by atoms with Gasteiger partial charge in [-0.1, -0.05) is 13.0 Å². The van der Waals surface area contributed by atoms with E-state index in [1.54, 1.807) is 11.3 Å². The van der Waals surface area contributed by atoms with Crippen LogP contribution in [0.2, 0.25) is 0 Å². The van der Waals surface area contributed by atoms with Crippen LogP contribution in [0.25, 0.3) is 0 Å². The highest BCUT2D eigenvalue weighted by molar-refractivity contribution is 7.09. The zero-order valence-electron chi connectivity index (χ0n) is 9.20. The molecule has 0 unspecified atom stereocenters. The predicted molar refractivity (Wildman–Crippen MR) is 65.5 cm³/mol. The first-order chi connectivity index (χ1) is 7.31. The molecule has 1 saturated carbocycles. The number of hydrogen-bond donors (Lipinski definition) is 1. The third kappa shape index (κ3) is 2.81. The fourth-order valence-electron chi connectivity index (χ4n) is 1.78. The van der Waals surface area contributed by atoms with E-state index in [0.717, 1.165) is 25.2 Å². The molecule has 2 nitrogen and oxygen atoms in total. The minimum atomic E-state index is 0.658. The van der Waals surface area contributed by atoms with Crippen molar-refractivity contribution in [3.05, 3.63) is 22.4 Å². The van der Waals surface area contributed by atoms with Gasteiger partial charge >= 0.3 is 0 Å².